The molecule has 1 atom stereocenters. The number of fused-ring (bicyclic) bond motifs is 1. The first-order chi connectivity index (χ1) is 14.3. The summed E-state index contributed by atoms with van der Waals surface area (Å²) >= 11 is 1.39. The molecule has 1 aliphatic heterocycles. The number of aryl methyl sites for hydroxylation is 1. The molecule has 1 N–H and O–H groups in total. The van der Waals surface area contributed by atoms with Gasteiger partial charge in [-0.15, -0.1) is 0 Å². The van der Waals surface area contributed by atoms with Gasteiger partial charge in [-0.05, 0) is 35.7 Å². The maximum Gasteiger partial charge on any atom is 0.279 e. The van der Waals surface area contributed by atoms with Gasteiger partial charge in [0.1, 0.15) is 17.5 Å². The van der Waals surface area contributed by atoms with Crippen LogP contribution in [0.4, 0.5) is 14.6 Å². The van der Waals surface area contributed by atoms with Gasteiger partial charge in [0.05, 0.1) is 5.56 Å². The third-order valence-electron chi connectivity index (χ3n) is 5.21. The lowest BCUT2D eigenvalue weighted by Crippen LogP contribution is -2.33. The van der Waals surface area contributed by atoms with Crippen LogP contribution in [0.15, 0.2) is 52.4 Å². The van der Waals surface area contributed by atoms with Crippen LogP contribution in [0.1, 0.15) is 34.6 Å². The average molecular weight is 427 g/mol. The number of carbonyl (C=O) groups excluding carboxylic acids is 1. The molecule has 0 saturated heterocycles. The number of aromatic nitrogens is 2. The van der Waals surface area contributed by atoms with Gasteiger partial charge in [0.15, 0.2) is 5.16 Å². The summed E-state index contributed by atoms with van der Waals surface area (Å²) in [7, 11) is 1.71. The van der Waals surface area contributed by atoms with Gasteiger partial charge < -0.3 is 9.88 Å². The molecule has 0 bridgehead atoms. The highest BCUT2D eigenvalue weighted by Crippen LogP contribution is 2.36. The van der Waals surface area contributed by atoms with Crippen molar-refractivity contribution in [3.63, 3.8) is 0 Å². The fourth-order valence-corrected chi connectivity index (χ4v) is 4.68. The van der Waals surface area contributed by atoms with Gasteiger partial charge in [-0.2, -0.15) is 4.98 Å². The van der Waals surface area contributed by atoms with Crippen molar-refractivity contribution in [3.8, 4) is 0 Å². The molecule has 1 unspecified atom stereocenters. The summed E-state index contributed by atoms with van der Waals surface area (Å²) in [6.45, 7) is 2.01. The molecule has 30 heavy (non-hydrogen) atoms. The highest BCUT2D eigenvalue weighted by Gasteiger charge is 2.32. The van der Waals surface area contributed by atoms with Crippen LogP contribution in [0.25, 0.3) is 0 Å². The van der Waals surface area contributed by atoms with Crippen LogP contribution in [0, 0.1) is 18.6 Å². The largest absolute Gasteiger partial charge is 0.312 e. The molecule has 1 aliphatic rings. The van der Waals surface area contributed by atoms with Crippen molar-refractivity contribution in [1.29, 1.82) is 0 Å². The van der Waals surface area contributed by atoms with Crippen molar-refractivity contribution in [2.24, 2.45) is 7.05 Å². The number of thioether (sulfide) groups is 1. The normalized spacial score (nSPS) is 15.6. The van der Waals surface area contributed by atoms with Crippen molar-refractivity contribution in [1.82, 2.24) is 9.55 Å². The lowest BCUT2D eigenvalue weighted by atomic mass is 9.86. The van der Waals surface area contributed by atoms with Gasteiger partial charge in [-0.3, -0.25) is 9.59 Å². The number of amides is 1. The van der Waals surface area contributed by atoms with Crippen LogP contribution in [0.5, 0.6) is 0 Å². The number of hydrogen-bond donors (Lipinski definition) is 1. The molecule has 8 heteroatoms. The summed E-state index contributed by atoms with van der Waals surface area (Å²) in [5.74, 6) is -1.68. The molecule has 0 aliphatic carbocycles. The number of halogens is 2. The van der Waals surface area contributed by atoms with E-state index in [1.54, 1.807) is 11.6 Å². The van der Waals surface area contributed by atoms with Crippen molar-refractivity contribution in [3.05, 3.63) is 86.7 Å². The van der Waals surface area contributed by atoms with Crippen LogP contribution in [-0.4, -0.2) is 15.5 Å². The standard InChI is InChI=1S/C22H19F2N3O2S/c1-12-5-3-4-6-13(12)11-30-22-26-21(29)19-17(10-18(28)25-20(19)27(22)2)14-7-15(23)9-16(24)8-14/h3-9,17H,10-11H2,1-2H3,(H,25,28). The fraction of sp³-hybridized carbons (Fsp3) is 0.227. The van der Waals surface area contributed by atoms with Gasteiger partial charge in [0.25, 0.3) is 5.56 Å². The maximum atomic E-state index is 13.8. The molecule has 2 aromatic carbocycles. The molecular weight excluding hydrogens is 408 g/mol. The first-order valence-corrected chi connectivity index (χ1v) is 10.4. The molecule has 3 aromatic rings. The topological polar surface area (TPSA) is 64.0 Å². The average Bonchev–Trinajstić information content (AvgIpc) is 2.69. The Balaban J connectivity index is 1.75. The van der Waals surface area contributed by atoms with Crippen molar-refractivity contribution in [2.75, 3.05) is 5.32 Å². The molecule has 4 rings (SSSR count). The quantitative estimate of drug-likeness (QED) is 0.502. The Morgan fingerprint density at radius 3 is 2.57 bits per heavy atom. The number of nitrogens with one attached hydrogen (secondary N) is 1. The van der Waals surface area contributed by atoms with E-state index in [2.05, 4.69) is 10.3 Å². The van der Waals surface area contributed by atoms with E-state index < -0.39 is 23.1 Å². The van der Waals surface area contributed by atoms with E-state index in [4.69, 9.17) is 0 Å². The maximum absolute atomic E-state index is 13.8. The Labute approximate surface area is 176 Å². The molecule has 154 valence electrons. The second kappa shape index (κ2) is 8.02. The first-order valence-electron chi connectivity index (χ1n) is 9.37. The molecule has 5 nitrogen and oxygen atoms in total. The van der Waals surface area contributed by atoms with Crippen LogP contribution in [0.2, 0.25) is 0 Å². The zero-order valence-electron chi connectivity index (χ0n) is 16.4. The Hall–Kier alpha value is -3.00. The summed E-state index contributed by atoms with van der Waals surface area (Å²) in [5.41, 5.74) is 2.22. The van der Waals surface area contributed by atoms with Crippen molar-refractivity contribution in [2.45, 2.75) is 30.2 Å². The zero-order chi connectivity index (χ0) is 21.4. The molecule has 1 amide bonds. The van der Waals surface area contributed by atoms with E-state index in [0.29, 0.717) is 16.7 Å². The Kier molecular flexibility index (Phi) is 5.42. The van der Waals surface area contributed by atoms with Gasteiger partial charge in [-0.1, -0.05) is 36.0 Å². The number of benzene rings is 2. The Morgan fingerprint density at radius 2 is 1.87 bits per heavy atom. The summed E-state index contributed by atoms with van der Waals surface area (Å²) in [6.07, 6.45) is -0.0808. The van der Waals surface area contributed by atoms with Crippen LogP contribution in [-0.2, 0) is 17.6 Å². The number of rotatable bonds is 4. The monoisotopic (exact) mass is 427 g/mol. The van der Waals surface area contributed by atoms with Gasteiger partial charge in [0, 0.05) is 31.2 Å². The molecule has 1 aromatic heterocycles. The second-order valence-electron chi connectivity index (χ2n) is 7.24. The predicted molar refractivity (Wildman–Crippen MR) is 112 cm³/mol. The molecule has 0 spiro atoms. The molecule has 0 fully saturated rings. The van der Waals surface area contributed by atoms with E-state index in [9.17, 15) is 18.4 Å². The number of anilines is 1. The van der Waals surface area contributed by atoms with Crippen molar-refractivity contribution >= 4 is 23.5 Å². The van der Waals surface area contributed by atoms with Gasteiger partial charge in [-0.25, -0.2) is 8.78 Å². The summed E-state index contributed by atoms with van der Waals surface area (Å²) in [6, 6.07) is 11.0. The van der Waals surface area contributed by atoms with Gasteiger partial charge in [0.2, 0.25) is 5.91 Å². The zero-order valence-corrected chi connectivity index (χ0v) is 17.2. The van der Waals surface area contributed by atoms with Crippen molar-refractivity contribution < 1.29 is 13.6 Å². The minimum Gasteiger partial charge on any atom is -0.312 e. The number of nitrogens with zero attached hydrogens (tertiary/aromatic N) is 2. The minimum atomic E-state index is -0.763. The molecule has 0 saturated carbocycles. The predicted octanol–water partition coefficient (Wildman–Crippen LogP) is 4.13. The number of carbonyl (C=O) groups is 1. The van der Waals surface area contributed by atoms with E-state index >= 15 is 0 Å². The van der Waals surface area contributed by atoms with E-state index in [1.165, 1.54) is 11.8 Å². The smallest absolute Gasteiger partial charge is 0.279 e. The summed E-state index contributed by atoms with van der Waals surface area (Å²) in [4.78, 5) is 29.4. The van der Waals surface area contributed by atoms with Gasteiger partial charge >= 0.3 is 0 Å². The third-order valence-corrected chi connectivity index (χ3v) is 6.28. The van der Waals surface area contributed by atoms with Crippen LogP contribution in [0.3, 0.4) is 0 Å². The second-order valence-corrected chi connectivity index (χ2v) is 8.19. The number of hydrogen-bond acceptors (Lipinski definition) is 4. The van der Waals surface area contributed by atoms with Crippen LogP contribution >= 0.6 is 11.8 Å². The SMILES string of the molecule is Cc1ccccc1CSc1nc(=O)c2c(n1C)NC(=O)CC2c1cc(F)cc(F)c1. The molecule has 2 heterocycles. The molecular formula is C22H19F2N3O2S. The summed E-state index contributed by atoms with van der Waals surface area (Å²) in [5, 5.41) is 3.18. The third kappa shape index (κ3) is 3.87. The van der Waals surface area contributed by atoms with E-state index in [1.807, 2.05) is 31.2 Å². The first kappa shape index (κ1) is 20.3. The van der Waals surface area contributed by atoms with E-state index in [-0.39, 0.29) is 23.5 Å². The fourth-order valence-electron chi connectivity index (χ4n) is 3.64. The Morgan fingerprint density at radius 1 is 1.17 bits per heavy atom. The Bertz CT molecular complexity index is 1190. The minimum absolute atomic E-state index is 0.0808. The lowest BCUT2D eigenvalue weighted by Gasteiger charge is -2.27. The van der Waals surface area contributed by atoms with Crippen LogP contribution < -0.4 is 10.9 Å². The highest BCUT2D eigenvalue weighted by atomic mass is 32.2. The highest BCUT2D eigenvalue weighted by molar-refractivity contribution is 7.98. The lowest BCUT2D eigenvalue weighted by molar-refractivity contribution is -0.116. The molecule has 0 radical (unpaired) electrons. The summed E-state index contributed by atoms with van der Waals surface area (Å²) < 4.78 is 29.2. The van der Waals surface area contributed by atoms with E-state index in [0.717, 1.165) is 29.3 Å².